The summed E-state index contributed by atoms with van der Waals surface area (Å²) in [5.41, 5.74) is 1.63. The molecule has 0 unspecified atom stereocenters. The molecule has 0 aliphatic carbocycles. The Morgan fingerprint density at radius 2 is 2.00 bits per heavy atom. The second kappa shape index (κ2) is 7.45. The fourth-order valence-corrected chi connectivity index (χ4v) is 3.32. The predicted molar refractivity (Wildman–Crippen MR) is 99.5 cm³/mol. The summed E-state index contributed by atoms with van der Waals surface area (Å²) in [7, 11) is 0. The standard InChI is InChI=1S/C18H16BrClN2O3/c19-14-6-4-5-13(11-14)12-21-17(24)25-18(20)9-10-22(16(18)23)15-7-2-1-3-8-15/h1-8,11H,9-10,12H2,(H,21,24)/t18-/m0/s1. The molecule has 0 radical (unpaired) electrons. The predicted octanol–water partition coefficient (Wildman–Crippen LogP) is 4.05. The van der Waals surface area contributed by atoms with Crippen LogP contribution >= 0.6 is 27.5 Å². The van der Waals surface area contributed by atoms with Crippen LogP contribution in [0.2, 0.25) is 0 Å². The average Bonchev–Trinajstić information content (AvgIpc) is 2.89. The minimum atomic E-state index is -1.67. The Labute approximate surface area is 159 Å². The van der Waals surface area contributed by atoms with Gasteiger partial charge in [0.05, 0.1) is 0 Å². The highest BCUT2D eigenvalue weighted by Crippen LogP contribution is 2.34. The molecule has 2 amide bonds. The van der Waals surface area contributed by atoms with E-state index in [-0.39, 0.29) is 13.0 Å². The first kappa shape index (κ1) is 17.8. The second-order valence-corrected chi connectivity index (χ2v) is 7.17. The maximum Gasteiger partial charge on any atom is 0.409 e. The van der Waals surface area contributed by atoms with Gasteiger partial charge >= 0.3 is 6.09 Å². The number of carbonyl (C=O) groups excluding carboxylic acids is 2. The summed E-state index contributed by atoms with van der Waals surface area (Å²) in [5, 5.41) is 0.947. The van der Waals surface area contributed by atoms with E-state index in [1.807, 2.05) is 54.6 Å². The van der Waals surface area contributed by atoms with Gasteiger partial charge in [-0.25, -0.2) is 4.79 Å². The van der Waals surface area contributed by atoms with Gasteiger partial charge in [-0.1, -0.05) is 57.9 Å². The van der Waals surface area contributed by atoms with Crippen molar-refractivity contribution in [1.82, 2.24) is 5.32 Å². The van der Waals surface area contributed by atoms with E-state index in [2.05, 4.69) is 21.2 Å². The summed E-state index contributed by atoms with van der Waals surface area (Å²) in [6, 6.07) is 16.7. The quantitative estimate of drug-likeness (QED) is 0.755. The first-order valence-corrected chi connectivity index (χ1v) is 8.92. The van der Waals surface area contributed by atoms with Gasteiger partial charge in [-0.15, -0.1) is 0 Å². The van der Waals surface area contributed by atoms with Gasteiger partial charge < -0.3 is 15.0 Å². The zero-order valence-electron chi connectivity index (χ0n) is 13.2. The van der Waals surface area contributed by atoms with Crippen molar-refractivity contribution in [3.8, 4) is 0 Å². The highest BCUT2D eigenvalue weighted by Gasteiger charge is 2.49. The number of hydrogen-bond acceptors (Lipinski definition) is 3. The number of halogens is 2. The fourth-order valence-electron chi connectivity index (χ4n) is 2.62. The third-order valence-corrected chi connectivity index (χ3v) is 4.79. The number of nitrogens with one attached hydrogen (secondary N) is 1. The molecule has 25 heavy (non-hydrogen) atoms. The molecule has 1 heterocycles. The topological polar surface area (TPSA) is 58.6 Å². The van der Waals surface area contributed by atoms with Crippen LogP contribution in [0, 0.1) is 0 Å². The maximum absolute atomic E-state index is 12.6. The molecule has 1 saturated heterocycles. The van der Waals surface area contributed by atoms with Crippen molar-refractivity contribution in [3.05, 3.63) is 64.6 Å². The van der Waals surface area contributed by atoms with Crippen molar-refractivity contribution < 1.29 is 14.3 Å². The van der Waals surface area contributed by atoms with Crippen molar-refractivity contribution in [2.24, 2.45) is 0 Å². The number of rotatable bonds is 4. The number of para-hydroxylation sites is 1. The minimum absolute atomic E-state index is 0.229. The van der Waals surface area contributed by atoms with E-state index in [1.165, 1.54) is 4.90 Å². The van der Waals surface area contributed by atoms with Gasteiger partial charge in [0, 0.05) is 29.7 Å². The summed E-state index contributed by atoms with van der Waals surface area (Å²) < 4.78 is 6.14. The second-order valence-electron chi connectivity index (χ2n) is 5.64. The van der Waals surface area contributed by atoms with Gasteiger partial charge in [-0.05, 0) is 29.8 Å². The number of alkyl halides is 1. The van der Waals surface area contributed by atoms with E-state index in [4.69, 9.17) is 16.3 Å². The Morgan fingerprint density at radius 1 is 1.24 bits per heavy atom. The summed E-state index contributed by atoms with van der Waals surface area (Å²) in [6.07, 6.45) is -0.495. The van der Waals surface area contributed by atoms with E-state index in [0.717, 1.165) is 15.7 Å². The lowest BCUT2D eigenvalue weighted by molar-refractivity contribution is -0.126. The largest absolute Gasteiger partial charge is 0.417 e. The molecule has 1 aliphatic heterocycles. The molecule has 7 heteroatoms. The third-order valence-electron chi connectivity index (χ3n) is 3.87. The number of hydrogen-bond donors (Lipinski definition) is 1. The van der Waals surface area contributed by atoms with E-state index >= 15 is 0 Å². The van der Waals surface area contributed by atoms with Crippen LogP contribution in [0.5, 0.6) is 0 Å². The van der Waals surface area contributed by atoms with Crippen LogP contribution in [0.25, 0.3) is 0 Å². The molecular weight excluding hydrogens is 408 g/mol. The fraction of sp³-hybridized carbons (Fsp3) is 0.222. The van der Waals surface area contributed by atoms with E-state index in [1.54, 1.807) is 0 Å². The molecule has 0 aromatic heterocycles. The molecule has 0 saturated carbocycles. The normalized spacial score (nSPS) is 19.8. The number of anilines is 1. The number of ether oxygens (including phenoxy) is 1. The number of amides is 2. The van der Waals surface area contributed by atoms with Crippen molar-refractivity contribution in [3.63, 3.8) is 0 Å². The summed E-state index contributed by atoms with van der Waals surface area (Å²) in [4.78, 5) is 26.1. The highest BCUT2D eigenvalue weighted by molar-refractivity contribution is 9.10. The molecular formula is C18H16BrClN2O3. The maximum atomic E-state index is 12.6. The van der Waals surface area contributed by atoms with Gasteiger partial charge in [0.1, 0.15) is 0 Å². The Morgan fingerprint density at radius 3 is 2.72 bits per heavy atom. The molecule has 1 N–H and O–H groups in total. The molecule has 0 spiro atoms. The van der Waals surface area contributed by atoms with Gasteiger partial charge in [-0.2, -0.15) is 0 Å². The lowest BCUT2D eigenvalue weighted by Gasteiger charge is -2.22. The van der Waals surface area contributed by atoms with Crippen molar-refractivity contribution >= 4 is 45.2 Å². The van der Waals surface area contributed by atoms with Crippen LogP contribution in [-0.2, 0) is 16.1 Å². The summed E-state index contributed by atoms with van der Waals surface area (Å²) >= 11 is 9.66. The van der Waals surface area contributed by atoms with Gasteiger partial charge in [0.2, 0.25) is 0 Å². The van der Waals surface area contributed by atoms with E-state index < -0.39 is 17.1 Å². The molecule has 2 aromatic rings. The van der Waals surface area contributed by atoms with Crippen LogP contribution in [0.15, 0.2) is 59.1 Å². The number of nitrogens with zero attached hydrogens (tertiary/aromatic N) is 1. The van der Waals surface area contributed by atoms with Crippen molar-refractivity contribution in [2.45, 2.75) is 18.0 Å². The summed E-state index contributed by atoms with van der Waals surface area (Å²) in [6.45, 7) is 0.674. The van der Waals surface area contributed by atoms with Gasteiger partial charge in [0.15, 0.2) is 0 Å². The monoisotopic (exact) mass is 422 g/mol. The highest BCUT2D eigenvalue weighted by atomic mass is 79.9. The smallest absolute Gasteiger partial charge is 0.409 e. The molecule has 1 fully saturated rings. The van der Waals surface area contributed by atoms with E-state index in [0.29, 0.717) is 6.54 Å². The van der Waals surface area contributed by atoms with Crippen molar-refractivity contribution in [1.29, 1.82) is 0 Å². The summed E-state index contributed by atoms with van der Waals surface area (Å²) in [5.74, 6) is -0.432. The molecule has 1 aliphatic rings. The van der Waals surface area contributed by atoms with Crippen LogP contribution in [0.4, 0.5) is 10.5 Å². The lowest BCUT2D eigenvalue weighted by Crippen LogP contribution is -2.42. The van der Waals surface area contributed by atoms with Gasteiger partial charge in [-0.3, -0.25) is 4.79 Å². The SMILES string of the molecule is O=C(NCc1cccc(Br)c1)O[C@@]1(Cl)CCN(c2ccccc2)C1=O. The first-order chi connectivity index (χ1) is 12.0. The van der Waals surface area contributed by atoms with E-state index in [9.17, 15) is 9.59 Å². The minimum Gasteiger partial charge on any atom is -0.417 e. The van der Waals surface area contributed by atoms with Crippen LogP contribution in [-0.4, -0.2) is 23.6 Å². The zero-order chi connectivity index (χ0) is 17.9. The Kier molecular flexibility index (Phi) is 5.30. The first-order valence-electron chi connectivity index (χ1n) is 7.75. The Bertz CT molecular complexity index is 787. The number of carbonyl (C=O) groups is 2. The lowest BCUT2D eigenvalue weighted by atomic mass is 10.2. The molecule has 3 rings (SSSR count). The van der Waals surface area contributed by atoms with Crippen LogP contribution in [0.1, 0.15) is 12.0 Å². The molecule has 0 bridgehead atoms. The number of benzene rings is 2. The number of alkyl carbamates (subject to hydrolysis) is 1. The van der Waals surface area contributed by atoms with Crippen molar-refractivity contribution in [2.75, 3.05) is 11.4 Å². The molecule has 1 atom stereocenters. The third kappa shape index (κ3) is 4.14. The Balaban J connectivity index is 1.60. The van der Waals surface area contributed by atoms with Crippen LogP contribution < -0.4 is 10.2 Å². The molecule has 130 valence electrons. The Hall–Kier alpha value is -2.05. The average molecular weight is 424 g/mol. The molecule has 2 aromatic carbocycles. The van der Waals surface area contributed by atoms with Crippen LogP contribution in [0.3, 0.4) is 0 Å². The zero-order valence-corrected chi connectivity index (χ0v) is 15.6. The molecule has 5 nitrogen and oxygen atoms in total. The van der Waals surface area contributed by atoms with Gasteiger partial charge in [0.25, 0.3) is 11.0 Å².